The van der Waals surface area contributed by atoms with Gasteiger partial charge >= 0.3 is 0 Å². The van der Waals surface area contributed by atoms with Crippen molar-refractivity contribution in [1.29, 1.82) is 0 Å². The minimum Gasteiger partial charge on any atom is -0.490 e. The molecule has 0 aliphatic carbocycles. The number of nitrogens with zero attached hydrogens (tertiary/aromatic N) is 1. The maximum Gasteiger partial charge on any atom is 0.261 e. The SMILES string of the molecule is Cc1cc(S(=O)(=O)Nc2ccc3c(c2)N(CCC(C)C)C(=O)C(C)(C)CO3)ccc1F. The summed E-state index contributed by atoms with van der Waals surface area (Å²) in [5.74, 6) is 0.388. The number of rotatable bonds is 6. The van der Waals surface area contributed by atoms with Gasteiger partial charge < -0.3 is 9.64 Å². The second-order valence-corrected chi connectivity index (χ2v) is 10.7. The van der Waals surface area contributed by atoms with E-state index in [2.05, 4.69) is 18.6 Å². The first-order valence-corrected chi connectivity index (χ1v) is 11.8. The lowest BCUT2D eigenvalue weighted by Crippen LogP contribution is -2.42. The first kappa shape index (κ1) is 23.1. The van der Waals surface area contributed by atoms with E-state index in [1.807, 2.05) is 13.8 Å². The number of hydrogen-bond acceptors (Lipinski definition) is 4. The van der Waals surface area contributed by atoms with Gasteiger partial charge in [0.25, 0.3) is 10.0 Å². The first-order chi connectivity index (χ1) is 14.4. The fourth-order valence-corrected chi connectivity index (χ4v) is 4.45. The zero-order valence-electron chi connectivity index (χ0n) is 18.5. The largest absolute Gasteiger partial charge is 0.490 e. The minimum atomic E-state index is -3.93. The van der Waals surface area contributed by atoms with Crippen LogP contribution >= 0.6 is 0 Å². The summed E-state index contributed by atoms with van der Waals surface area (Å²) in [5, 5.41) is 0. The fraction of sp³-hybridized carbons (Fsp3) is 0.435. The maximum absolute atomic E-state index is 13.5. The highest BCUT2D eigenvalue weighted by Gasteiger charge is 2.37. The molecule has 2 aromatic carbocycles. The molecule has 168 valence electrons. The Hall–Kier alpha value is -2.61. The molecular formula is C23H29FN2O4S. The number of ether oxygens (including phenoxy) is 1. The molecule has 0 unspecified atom stereocenters. The molecule has 6 nitrogen and oxygen atoms in total. The first-order valence-electron chi connectivity index (χ1n) is 10.3. The average Bonchev–Trinajstić information content (AvgIpc) is 2.77. The molecule has 0 atom stereocenters. The normalized spacial score (nSPS) is 16.0. The van der Waals surface area contributed by atoms with E-state index in [1.54, 1.807) is 23.1 Å². The van der Waals surface area contributed by atoms with Gasteiger partial charge in [-0.1, -0.05) is 13.8 Å². The lowest BCUT2D eigenvalue weighted by Gasteiger charge is -2.28. The maximum atomic E-state index is 13.5. The van der Waals surface area contributed by atoms with E-state index < -0.39 is 21.3 Å². The van der Waals surface area contributed by atoms with Crippen LogP contribution < -0.4 is 14.4 Å². The third-order valence-electron chi connectivity index (χ3n) is 5.28. The van der Waals surface area contributed by atoms with Gasteiger partial charge in [0.1, 0.15) is 18.2 Å². The van der Waals surface area contributed by atoms with Crippen LogP contribution in [0.25, 0.3) is 0 Å². The van der Waals surface area contributed by atoms with Gasteiger partial charge in [-0.3, -0.25) is 9.52 Å². The molecule has 0 fully saturated rings. The number of amides is 1. The lowest BCUT2D eigenvalue weighted by molar-refractivity contribution is -0.127. The van der Waals surface area contributed by atoms with Crippen molar-refractivity contribution in [2.75, 3.05) is 22.8 Å². The van der Waals surface area contributed by atoms with Crippen LogP contribution in [0, 0.1) is 24.1 Å². The number of nitrogens with one attached hydrogen (secondary N) is 1. The van der Waals surface area contributed by atoms with Crippen LogP contribution in [0.5, 0.6) is 5.75 Å². The molecular weight excluding hydrogens is 419 g/mol. The van der Waals surface area contributed by atoms with Crippen LogP contribution in [0.15, 0.2) is 41.3 Å². The Kier molecular flexibility index (Phi) is 6.32. The van der Waals surface area contributed by atoms with Gasteiger partial charge in [0, 0.05) is 6.54 Å². The van der Waals surface area contributed by atoms with Crippen LogP contribution in [0.4, 0.5) is 15.8 Å². The van der Waals surface area contributed by atoms with Crippen LogP contribution in [0.2, 0.25) is 0 Å². The topological polar surface area (TPSA) is 75.7 Å². The van der Waals surface area contributed by atoms with Crippen molar-refractivity contribution in [3.63, 3.8) is 0 Å². The third-order valence-corrected chi connectivity index (χ3v) is 6.66. The molecule has 1 amide bonds. The molecule has 8 heteroatoms. The standard InChI is InChI=1S/C23H29FN2O4S/c1-15(2)10-11-26-20-13-17(6-9-21(20)30-14-23(4,5)22(26)27)25-31(28,29)18-7-8-19(24)16(3)12-18/h6-9,12-13,15,25H,10-11,14H2,1-5H3. The van der Waals surface area contributed by atoms with Crippen molar-refractivity contribution in [2.24, 2.45) is 11.3 Å². The molecule has 0 saturated carbocycles. The van der Waals surface area contributed by atoms with Crippen LogP contribution in [-0.4, -0.2) is 27.5 Å². The molecule has 0 bridgehead atoms. The van der Waals surface area contributed by atoms with Gasteiger partial charge in [0.05, 0.1) is 21.7 Å². The Morgan fingerprint density at radius 2 is 1.90 bits per heavy atom. The van der Waals surface area contributed by atoms with Crippen molar-refractivity contribution in [3.8, 4) is 5.75 Å². The summed E-state index contributed by atoms with van der Waals surface area (Å²) in [7, 11) is -3.93. The molecule has 0 spiro atoms. The smallest absolute Gasteiger partial charge is 0.261 e. The van der Waals surface area contributed by atoms with Gasteiger partial charge in [0.2, 0.25) is 5.91 Å². The summed E-state index contributed by atoms with van der Waals surface area (Å²) in [6.45, 7) is 10.1. The number of aryl methyl sites for hydroxylation is 1. The molecule has 2 aromatic rings. The third kappa shape index (κ3) is 5.01. The number of fused-ring (bicyclic) bond motifs is 1. The van der Waals surface area contributed by atoms with Gasteiger partial charge in [0.15, 0.2) is 0 Å². The average molecular weight is 449 g/mol. The van der Waals surface area contributed by atoms with E-state index in [0.717, 1.165) is 12.5 Å². The predicted molar refractivity (Wildman–Crippen MR) is 119 cm³/mol. The van der Waals surface area contributed by atoms with Gasteiger partial charge in [-0.15, -0.1) is 0 Å². The van der Waals surface area contributed by atoms with Crippen LogP contribution in [0.3, 0.4) is 0 Å². The molecule has 0 saturated heterocycles. The molecule has 1 aliphatic rings. The van der Waals surface area contributed by atoms with E-state index in [9.17, 15) is 17.6 Å². The highest BCUT2D eigenvalue weighted by atomic mass is 32.2. The summed E-state index contributed by atoms with van der Waals surface area (Å²) in [6.07, 6.45) is 0.798. The molecule has 0 aromatic heterocycles. The second-order valence-electron chi connectivity index (χ2n) is 9.01. The Morgan fingerprint density at radius 3 is 2.55 bits per heavy atom. The summed E-state index contributed by atoms with van der Waals surface area (Å²) in [4.78, 5) is 14.8. The van der Waals surface area contributed by atoms with E-state index in [0.29, 0.717) is 29.6 Å². The summed E-state index contributed by atoms with van der Waals surface area (Å²) in [5.41, 5.74) is 0.366. The van der Waals surface area contributed by atoms with Gasteiger partial charge in [-0.25, -0.2) is 12.8 Å². The second kappa shape index (κ2) is 8.49. The van der Waals surface area contributed by atoms with Crippen molar-refractivity contribution in [2.45, 2.75) is 45.9 Å². The van der Waals surface area contributed by atoms with Crippen molar-refractivity contribution in [3.05, 3.63) is 47.8 Å². The lowest BCUT2D eigenvalue weighted by atomic mass is 9.92. The molecule has 1 N–H and O–H groups in total. The van der Waals surface area contributed by atoms with Crippen LogP contribution in [-0.2, 0) is 14.8 Å². The zero-order chi connectivity index (χ0) is 23.0. The highest BCUT2D eigenvalue weighted by Crippen LogP contribution is 2.39. The fourth-order valence-electron chi connectivity index (χ4n) is 3.32. The Balaban J connectivity index is 1.98. The Bertz CT molecular complexity index is 1100. The number of anilines is 2. The van der Waals surface area contributed by atoms with Crippen molar-refractivity contribution in [1.82, 2.24) is 0 Å². The summed E-state index contributed by atoms with van der Waals surface area (Å²) < 4.78 is 47.6. The van der Waals surface area contributed by atoms with Gasteiger partial charge in [-0.05, 0) is 75.1 Å². The quantitative estimate of drug-likeness (QED) is 0.693. The Labute approximate surface area is 183 Å². The molecule has 1 aliphatic heterocycles. The van der Waals surface area contributed by atoms with Gasteiger partial charge in [-0.2, -0.15) is 0 Å². The summed E-state index contributed by atoms with van der Waals surface area (Å²) >= 11 is 0. The predicted octanol–water partition coefficient (Wildman–Crippen LogP) is 4.73. The van der Waals surface area contributed by atoms with E-state index in [1.165, 1.54) is 19.1 Å². The minimum absolute atomic E-state index is 0.0357. The number of carbonyl (C=O) groups excluding carboxylic acids is 1. The van der Waals surface area contributed by atoms with E-state index in [-0.39, 0.29) is 23.0 Å². The summed E-state index contributed by atoms with van der Waals surface area (Å²) in [6, 6.07) is 8.51. The number of carbonyl (C=O) groups is 1. The van der Waals surface area contributed by atoms with Crippen molar-refractivity contribution >= 4 is 27.3 Å². The number of benzene rings is 2. The molecule has 3 rings (SSSR count). The molecule has 0 radical (unpaired) electrons. The number of halogens is 1. The monoisotopic (exact) mass is 448 g/mol. The number of hydrogen-bond donors (Lipinski definition) is 1. The zero-order valence-corrected chi connectivity index (χ0v) is 19.3. The van der Waals surface area contributed by atoms with Crippen molar-refractivity contribution < 1.29 is 22.3 Å². The highest BCUT2D eigenvalue weighted by molar-refractivity contribution is 7.92. The number of sulfonamides is 1. The Morgan fingerprint density at radius 1 is 1.19 bits per heavy atom. The molecule has 31 heavy (non-hydrogen) atoms. The molecule has 1 heterocycles. The van der Waals surface area contributed by atoms with Crippen LogP contribution in [0.1, 0.15) is 39.7 Å². The van der Waals surface area contributed by atoms with E-state index in [4.69, 9.17) is 4.74 Å². The van der Waals surface area contributed by atoms with E-state index >= 15 is 0 Å².